The Bertz CT molecular complexity index is 354. The van der Waals surface area contributed by atoms with E-state index >= 15 is 0 Å². The van der Waals surface area contributed by atoms with E-state index in [9.17, 15) is 4.79 Å². The van der Waals surface area contributed by atoms with E-state index in [2.05, 4.69) is 10.4 Å². The summed E-state index contributed by atoms with van der Waals surface area (Å²) in [6.45, 7) is 2.39. The molecule has 1 aliphatic rings. The maximum absolute atomic E-state index is 11.8. The molecule has 1 fully saturated rings. The normalized spacial score (nSPS) is 17.0. The molecule has 0 bridgehead atoms. The molecule has 2 atom stereocenters. The van der Waals surface area contributed by atoms with Crippen molar-refractivity contribution in [2.45, 2.75) is 31.8 Å². The zero-order valence-electron chi connectivity index (χ0n) is 10.3. The molecule has 2 rings (SSSR count). The van der Waals surface area contributed by atoms with Gasteiger partial charge in [0.05, 0.1) is 0 Å². The van der Waals surface area contributed by atoms with E-state index in [1.807, 2.05) is 6.92 Å². The third-order valence-corrected chi connectivity index (χ3v) is 3.04. The molecular formula is C11H20Cl2N4O. The lowest BCUT2D eigenvalue weighted by molar-refractivity contribution is -0.124. The average Bonchev–Trinajstić information content (AvgIpc) is 3.00. The monoisotopic (exact) mass is 294 g/mol. The van der Waals surface area contributed by atoms with Crippen molar-refractivity contribution >= 4 is 30.7 Å². The van der Waals surface area contributed by atoms with Crippen LogP contribution in [0.25, 0.3) is 0 Å². The Kier molecular flexibility index (Phi) is 7.28. The van der Waals surface area contributed by atoms with Crippen molar-refractivity contribution in [1.29, 1.82) is 0 Å². The molecule has 2 unspecified atom stereocenters. The standard InChI is InChI=1S/C11H18N4O.2ClH/c1-8(15-6-2-5-14-15)11(16)13-7-10(12)9-3-4-9;;/h2,5-6,8-10H,3-4,7,12H2,1H3,(H,13,16);2*1H. The molecule has 1 aromatic heterocycles. The summed E-state index contributed by atoms with van der Waals surface area (Å²) >= 11 is 0. The van der Waals surface area contributed by atoms with E-state index in [4.69, 9.17) is 5.73 Å². The smallest absolute Gasteiger partial charge is 0.244 e. The molecule has 0 aromatic carbocycles. The quantitative estimate of drug-likeness (QED) is 0.855. The van der Waals surface area contributed by atoms with Gasteiger partial charge in [-0.05, 0) is 31.7 Å². The lowest BCUT2D eigenvalue weighted by atomic mass is 10.2. The summed E-state index contributed by atoms with van der Waals surface area (Å²) in [5.41, 5.74) is 5.91. The molecule has 1 amide bonds. The molecule has 0 saturated heterocycles. The van der Waals surface area contributed by atoms with E-state index in [0.29, 0.717) is 12.5 Å². The Morgan fingerprint density at radius 1 is 1.56 bits per heavy atom. The Hall–Kier alpha value is -0.780. The summed E-state index contributed by atoms with van der Waals surface area (Å²) in [4.78, 5) is 11.8. The highest BCUT2D eigenvalue weighted by molar-refractivity contribution is 5.85. The molecule has 1 saturated carbocycles. The molecule has 3 N–H and O–H groups in total. The number of amides is 1. The van der Waals surface area contributed by atoms with Crippen LogP contribution < -0.4 is 11.1 Å². The minimum Gasteiger partial charge on any atom is -0.353 e. The lowest BCUT2D eigenvalue weighted by Gasteiger charge is -2.15. The predicted molar refractivity (Wildman–Crippen MR) is 75.1 cm³/mol. The third kappa shape index (κ3) is 4.48. The zero-order chi connectivity index (χ0) is 11.5. The minimum absolute atomic E-state index is 0. The van der Waals surface area contributed by atoms with Crippen molar-refractivity contribution in [3.63, 3.8) is 0 Å². The highest BCUT2D eigenvalue weighted by atomic mass is 35.5. The fraction of sp³-hybridized carbons (Fsp3) is 0.636. The van der Waals surface area contributed by atoms with Crippen LogP contribution in [0.1, 0.15) is 25.8 Å². The van der Waals surface area contributed by atoms with Crippen molar-refractivity contribution in [2.24, 2.45) is 11.7 Å². The molecule has 104 valence electrons. The number of carbonyl (C=O) groups excluding carboxylic acids is 1. The first-order valence-electron chi connectivity index (χ1n) is 5.71. The second-order valence-corrected chi connectivity index (χ2v) is 4.41. The fourth-order valence-corrected chi connectivity index (χ4v) is 1.69. The van der Waals surface area contributed by atoms with Crippen LogP contribution >= 0.6 is 24.8 Å². The first-order chi connectivity index (χ1) is 7.68. The van der Waals surface area contributed by atoms with Gasteiger partial charge in [0.25, 0.3) is 0 Å². The number of nitrogens with two attached hydrogens (primary N) is 1. The molecular weight excluding hydrogens is 275 g/mol. The number of hydrogen-bond acceptors (Lipinski definition) is 3. The van der Waals surface area contributed by atoms with Gasteiger partial charge in [0, 0.05) is 25.0 Å². The van der Waals surface area contributed by atoms with Crippen molar-refractivity contribution in [3.8, 4) is 0 Å². The molecule has 0 spiro atoms. The van der Waals surface area contributed by atoms with Gasteiger partial charge in [0.1, 0.15) is 6.04 Å². The second-order valence-electron chi connectivity index (χ2n) is 4.41. The highest BCUT2D eigenvalue weighted by Crippen LogP contribution is 2.31. The summed E-state index contributed by atoms with van der Waals surface area (Å²) in [7, 11) is 0. The third-order valence-electron chi connectivity index (χ3n) is 3.04. The Morgan fingerprint density at radius 2 is 2.22 bits per heavy atom. The van der Waals surface area contributed by atoms with Crippen LogP contribution in [0.2, 0.25) is 0 Å². The van der Waals surface area contributed by atoms with Crippen LogP contribution in [0, 0.1) is 5.92 Å². The largest absolute Gasteiger partial charge is 0.353 e. The van der Waals surface area contributed by atoms with Gasteiger partial charge in [-0.25, -0.2) is 0 Å². The predicted octanol–water partition coefficient (Wildman–Crippen LogP) is 1.14. The number of hydrogen-bond donors (Lipinski definition) is 2. The first kappa shape index (κ1) is 17.2. The summed E-state index contributed by atoms with van der Waals surface area (Å²) in [6.07, 6.45) is 5.85. The summed E-state index contributed by atoms with van der Waals surface area (Å²) < 4.78 is 1.64. The van der Waals surface area contributed by atoms with Crippen LogP contribution in [0.15, 0.2) is 18.5 Å². The minimum atomic E-state index is -0.276. The number of aromatic nitrogens is 2. The maximum Gasteiger partial charge on any atom is 0.244 e. The second kappa shape index (κ2) is 7.61. The first-order valence-corrected chi connectivity index (χ1v) is 5.71. The Balaban J connectivity index is 0.00000144. The number of halogens is 2. The van der Waals surface area contributed by atoms with Gasteiger partial charge in [0.2, 0.25) is 5.91 Å². The van der Waals surface area contributed by atoms with Gasteiger partial charge in [-0.15, -0.1) is 24.8 Å². The van der Waals surface area contributed by atoms with Crippen LogP contribution in [-0.4, -0.2) is 28.3 Å². The van der Waals surface area contributed by atoms with Crippen LogP contribution in [0.5, 0.6) is 0 Å². The van der Waals surface area contributed by atoms with E-state index in [0.717, 1.165) is 0 Å². The van der Waals surface area contributed by atoms with Crippen molar-refractivity contribution in [1.82, 2.24) is 15.1 Å². The van der Waals surface area contributed by atoms with Crippen molar-refractivity contribution in [2.75, 3.05) is 6.54 Å². The van der Waals surface area contributed by atoms with E-state index in [1.54, 1.807) is 23.1 Å². The number of carbonyl (C=O) groups is 1. The van der Waals surface area contributed by atoms with Gasteiger partial charge >= 0.3 is 0 Å². The van der Waals surface area contributed by atoms with Gasteiger partial charge in [0.15, 0.2) is 0 Å². The summed E-state index contributed by atoms with van der Waals surface area (Å²) in [6, 6.07) is 1.63. The van der Waals surface area contributed by atoms with E-state index in [-0.39, 0.29) is 42.8 Å². The molecule has 1 aliphatic carbocycles. The molecule has 0 aliphatic heterocycles. The highest BCUT2D eigenvalue weighted by Gasteiger charge is 2.28. The van der Waals surface area contributed by atoms with Crippen LogP contribution in [0.4, 0.5) is 0 Å². The molecule has 7 heteroatoms. The SMILES string of the molecule is CC(C(=O)NCC(N)C1CC1)n1cccn1.Cl.Cl. The molecule has 5 nitrogen and oxygen atoms in total. The average molecular weight is 295 g/mol. The van der Waals surface area contributed by atoms with Crippen molar-refractivity contribution < 1.29 is 4.79 Å². The number of nitrogens with one attached hydrogen (secondary N) is 1. The van der Waals surface area contributed by atoms with E-state index in [1.165, 1.54) is 12.8 Å². The van der Waals surface area contributed by atoms with E-state index < -0.39 is 0 Å². The van der Waals surface area contributed by atoms with Gasteiger partial charge in [-0.1, -0.05) is 0 Å². The lowest BCUT2D eigenvalue weighted by Crippen LogP contribution is -2.41. The van der Waals surface area contributed by atoms with Crippen molar-refractivity contribution in [3.05, 3.63) is 18.5 Å². The topological polar surface area (TPSA) is 72.9 Å². The molecule has 18 heavy (non-hydrogen) atoms. The Morgan fingerprint density at radius 3 is 2.72 bits per heavy atom. The number of nitrogens with zero attached hydrogens (tertiary/aromatic N) is 2. The Labute approximate surface area is 119 Å². The number of rotatable bonds is 5. The fourth-order valence-electron chi connectivity index (χ4n) is 1.69. The molecule has 1 heterocycles. The van der Waals surface area contributed by atoms with Crippen LogP contribution in [-0.2, 0) is 4.79 Å². The zero-order valence-corrected chi connectivity index (χ0v) is 11.9. The van der Waals surface area contributed by atoms with Crippen LogP contribution in [0.3, 0.4) is 0 Å². The summed E-state index contributed by atoms with van der Waals surface area (Å²) in [5.74, 6) is 0.583. The molecule has 1 aromatic rings. The van der Waals surface area contributed by atoms with Gasteiger partial charge in [-0.3, -0.25) is 9.48 Å². The maximum atomic E-state index is 11.8. The molecule has 0 radical (unpaired) electrons. The summed E-state index contributed by atoms with van der Waals surface area (Å²) in [5, 5.41) is 6.90. The van der Waals surface area contributed by atoms with Gasteiger partial charge < -0.3 is 11.1 Å². The van der Waals surface area contributed by atoms with Gasteiger partial charge in [-0.2, -0.15) is 5.10 Å².